The molecule has 0 amide bonds. The summed E-state index contributed by atoms with van der Waals surface area (Å²) in [6.07, 6.45) is 2.78. The van der Waals surface area contributed by atoms with Crippen molar-refractivity contribution in [3.63, 3.8) is 0 Å². The van der Waals surface area contributed by atoms with Crippen LogP contribution in [0.3, 0.4) is 0 Å². The highest BCUT2D eigenvalue weighted by Gasteiger charge is 2.54. The van der Waals surface area contributed by atoms with Crippen LogP contribution in [0.1, 0.15) is 46.1 Å². The molecule has 0 radical (unpaired) electrons. The van der Waals surface area contributed by atoms with Gasteiger partial charge in [-0.2, -0.15) is 5.26 Å². The fourth-order valence-electron chi connectivity index (χ4n) is 2.82. The van der Waals surface area contributed by atoms with E-state index >= 15 is 0 Å². The van der Waals surface area contributed by atoms with Crippen LogP contribution in [0.4, 0.5) is 4.39 Å². The van der Waals surface area contributed by atoms with E-state index in [0.29, 0.717) is 30.9 Å². The van der Waals surface area contributed by atoms with E-state index in [0.717, 1.165) is 5.57 Å². The third-order valence-corrected chi connectivity index (χ3v) is 5.20. The van der Waals surface area contributed by atoms with Crippen molar-refractivity contribution in [2.75, 3.05) is 6.61 Å². The summed E-state index contributed by atoms with van der Waals surface area (Å²) in [7, 11) is -0.921. The first-order valence-electron chi connectivity index (χ1n) is 8.44. The van der Waals surface area contributed by atoms with Gasteiger partial charge in [-0.05, 0) is 52.2 Å². The molecular formula is C18H22BFN2O3. The molecule has 2 aliphatic rings. The van der Waals surface area contributed by atoms with Crippen molar-refractivity contribution in [1.82, 2.24) is 4.98 Å². The maximum atomic E-state index is 14.6. The maximum Gasteiger partial charge on any atom is 0.525 e. The molecule has 0 atom stereocenters. The number of pyridine rings is 1. The highest BCUT2D eigenvalue weighted by Crippen LogP contribution is 2.43. The molecule has 0 bridgehead atoms. The van der Waals surface area contributed by atoms with Crippen LogP contribution >= 0.6 is 0 Å². The molecule has 1 saturated heterocycles. The molecule has 3 rings (SSSR count). The molecule has 1 aliphatic heterocycles. The SMILES string of the molecule is CC1(C)OB(C(F)=C2CC(COc3cc(C#N)ccn3)C2)OC1(C)C. The molecule has 1 saturated carbocycles. The Morgan fingerprint density at radius 2 is 2.00 bits per heavy atom. The van der Waals surface area contributed by atoms with Crippen LogP contribution in [-0.4, -0.2) is 29.9 Å². The lowest BCUT2D eigenvalue weighted by molar-refractivity contribution is 0.00578. The van der Waals surface area contributed by atoms with Crippen LogP contribution in [-0.2, 0) is 9.31 Å². The molecule has 7 heteroatoms. The number of rotatable bonds is 4. The van der Waals surface area contributed by atoms with Crippen LogP contribution in [0.15, 0.2) is 29.6 Å². The predicted molar refractivity (Wildman–Crippen MR) is 91.4 cm³/mol. The van der Waals surface area contributed by atoms with Crippen molar-refractivity contribution in [3.8, 4) is 11.9 Å². The number of nitrogens with zero attached hydrogens (tertiary/aromatic N) is 2. The summed E-state index contributed by atoms with van der Waals surface area (Å²) in [5.74, 6) is 0.652. The van der Waals surface area contributed by atoms with Gasteiger partial charge in [0, 0.05) is 18.2 Å². The number of halogens is 1. The van der Waals surface area contributed by atoms with Crippen LogP contribution in [0.2, 0.25) is 0 Å². The van der Waals surface area contributed by atoms with Gasteiger partial charge in [-0.1, -0.05) is 0 Å². The average molecular weight is 344 g/mol. The van der Waals surface area contributed by atoms with Gasteiger partial charge in [0.15, 0.2) is 0 Å². The van der Waals surface area contributed by atoms with Crippen LogP contribution < -0.4 is 4.74 Å². The molecule has 2 heterocycles. The lowest BCUT2D eigenvalue weighted by Gasteiger charge is -2.32. The lowest BCUT2D eigenvalue weighted by atomic mass is 9.73. The third kappa shape index (κ3) is 3.56. The Morgan fingerprint density at radius 3 is 2.60 bits per heavy atom. The van der Waals surface area contributed by atoms with E-state index in [1.54, 1.807) is 12.1 Å². The number of allylic oxidation sites excluding steroid dienone is 1. The number of ether oxygens (including phenoxy) is 1. The second kappa shape index (κ2) is 6.43. The Hall–Kier alpha value is -1.91. The van der Waals surface area contributed by atoms with Gasteiger partial charge in [0.1, 0.15) is 5.73 Å². The van der Waals surface area contributed by atoms with Crippen LogP contribution in [0.25, 0.3) is 0 Å². The highest BCUT2D eigenvalue weighted by atomic mass is 19.1. The number of hydrogen-bond donors (Lipinski definition) is 0. The number of nitriles is 1. The predicted octanol–water partition coefficient (Wildman–Crippen LogP) is 3.60. The first-order chi connectivity index (χ1) is 11.7. The van der Waals surface area contributed by atoms with Crippen molar-refractivity contribution >= 4 is 7.12 Å². The Labute approximate surface area is 147 Å². The largest absolute Gasteiger partial charge is 0.525 e. The van der Waals surface area contributed by atoms with E-state index < -0.39 is 18.3 Å². The normalized spacial score (nSPS) is 23.8. The minimum Gasteiger partial charge on any atom is -0.477 e. The van der Waals surface area contributed by atoms with Crippen LogP contribution in [0.5, 0.6) is 5.88 Å². The smallest absolute Gasteiger partial charge is 0.477 e. The van der Waals surface area contributed by atoms with Gasteiger partial charge in [0.2, 0.25) is 5.88 Å². The first-order valence-corrected chi connectivity index (χ1v) is 8.44. The van der Waals surface area contributed by atoms with E-state index in [9.17, 15) is 4.39 Å². The van der Waals surface area contributed by atoms with Crippen LogP contribution in [0, 0.1) is 17.2 Å². The molecule has 1 aromatic rings. The summed E-state index contributed by atoms with van der Waals surface area (Å²) >= 11 is 0. The second-order valence-corrected chi connectivity index (χ2v) is 7.62. The summed E-state index contributed by atoms with van der Waals surface area (Å²) in [6.45, 7) is 8.08. The zero-order chi connectivity index (χ0) is 18.2. The van der Waals surface area contributed by atoms with Crippen molar-refractivity contribution in [2.45, 2.75) is 51.7 Å². The zero-order valence-corrected chi connectivity index (χ0v) is 15.0. The second-order valence-electron chi connectivity index (χ2n) is 7.62. The van der Waals surface area contributed by atoms with Gasteiger partial charge < -0.3 is 14.0 Å². The molecule has 1 aromatic heterocycles. The van der Waals surface area contributed by atoms with Gasteiger partial charge in [-0.3, -0.25) is 0 Å². The van der Waals surface area contributed by atoms with E-state index in [-0.39, 0.29) is 11.6 Å². The summed E-state index contributed by atoms with van der Waals surface area (Å²) in [6, 6.07) is 5.26. The number of hydrogen-bond acceptors (Lipinski definition) is 5. The minimum absolute atomic E-state index is 0.232. The molecule has 1 aliphatic carbocycles. The van der Waals surface area contributed by atoms with Gasteiger partial charge in [-0.15, -0.1) is 0 Å². The summed E-state index contributed by atoms with van der Waals surface area (Å²) < 4.78 is 31.7. The molecule has 0 N–H and O–H groups in total. The van der Waals surface area contributed by atoms with E-state index in [1.807, 2.05) is 33.8 Å². The molecule has 5 nitrogen and oxygen atoms in total. The quantitative estimate of drug-likeness (QED) is 0.781. The van der Waals surface area contributed by atoms with E-state index in [2.05, 4.69) is 4.98 Å². The van der Waals surface area contributed by atoms with E-state index in [1.165, 1.54) is 6.20 Å². The summed E-state index contributed by atoms with van der Waals surface area (Å²) in [5.41, 5.74) is -0.158. The number of aromatic nitrogens is 1. The molecule has 0 unspecified atom stereocenters. The Bertz CT molecular complexity index is 718. The Morgan fingerprint density at radius 1 is 1.36 bits per heavy atom. The fraction of sp³-hybridized carbons (Fsp3) is 0.556. The molecular weight excluding hydrogens is 322 g/mol. The van der Waals surface area contributed by atoms with Gasteiger partial charge >= 0.3 is 7.12 Å². The highest BCUT2D eigenvalue weighted by molar-refractivity contribution is 6.53. The molecule has 0 aromatic carbocycles. The lowest BCUT2D eigenvalue weighted by Crippen LogP contribution is -2.41. The standard InChI is InChI=1S/C18H22BFN2O3/c1-17(2)18(3,4)25-19(24-17)16(20)14-7-13(8-14)11-23-15-9-12(10-21)5-6-22-15/h5-6,9,13H,7-8,11H2,1-4H3. The molecule has 132 valence electrons. The molecule has 0 spiro atoms. The van der Waals surface area contributed by atoms with Gasteiger partial charge in [0.05, 0.1) is 29.4 Å². The molecule has 2 fully saturated rings. The first kappa shape index (κ1) is 17.9. The molecule has 25 heavy (non-hydrogen) atoms. The Kier molecular flexibility index (Phi) is 4.61. The van der Waals surface area contributed by atoms with Gasteiger partial charge in [0.25, 0.3) is 0 Å². The fourth-order valence-corrected chi connectivity index (χ4v) is 2.82. The topological polar surface area (TPSA) is 64.4 Å². The average Bonchev–Trinajstić information content (AvgIpc) is 2.74. The maximum absolute atomic E-state index is 14.6. The van der Waals surface area contributed by atoms with Crippen molar-refractivity contribution < 1.29 is 18.4 Å². The van der Waals surface area contributed by atoms with Gasteiger partial charge in [-0.25, -0.2) is 9.37 Å². The van der Waals surface area contributed by atoms with Crippen molar-refractivity contribution in [1.29, 1.82) is 5.26 Å². The Balaban J connectivity index is 1.53. The summed E-state index contributed by atoms with van der Waals surface area (Å²) in [5, 5.41) is 8.87. The van der Waals surface area contributed by atoms with Crippen molar-refractivity contribution in [2.24, 2.45) is 5.92 Å². The summed E-state index contributed by atoms with van der Waals surface area (Å²) in [4.78, 5) is 4.07. The monoisotopic (exact) mass is 344 g/mol. The van der Waals surface area contributed by atoms with Crippen molar-refractivity contribution in [3.05, 3.63) is 35.2 Å². The minimum atomic E-state index is -0.921. The zero-order valence-electron chi connectivity index (χ0n) is 15.0. The van der Waals surface area contributed by atoms with E-state index in [4.69, 9.17) is 19.3 Å². The third-order valence-electron chi connectivity index (χ3n) is 5.20.